The lowest BCUT2D eigenvalue weighted by Crippen LogP contribution is -2.52. The van der Waals surface area contributed by atoms with E-state index < -0.39 is 23.0 Å². The fourth-order valence-corrected chi connectivity index (χ4v) is 1.16. The highest BCUT2D eigenvalue weighted by Crippen LogP contribution is 2.18. The van der Waals surface area contributed by atoms with Crippen molar-refractivity contribution in [1.82, 2.24) is 5.32 Å². The predicted octanol–water partition coefficient (Wildman–Crippen LogP) is 1.33. The maximum Gasteiger partial charge on any atom is 0.255 e. The molecule has 0 heterocycles. The molecular weight excluding hydrogens is 243 g/mol. The van der Waals surface area contributed by atoms with E-state index >= 15 is 0 Å². The Morgan fingerprint density at radius 2 is 2.12 bits per heavy atom. The summed E-state index contributed by atoms with van der Waals surface area (Å²) in [5.74, 6) is -1.62. The van der Waals surface area contributed by atoms with Gasteiger partial charge >= 0.3 is 0 Å². The van der Waals surface area contributed by atoms with Crippen molar-refractivity contribution in [2.45, 2.75) is 19.4 Å². The summed E-state index contributed by atoms with van der Waals surface area (Å²) in [5, 5.41) is 12.0. The Labute approximate surface area is 104 Å². The van der Waals surface area contributed by atoms with E-state index in [0.29, 0.717) is 0 Å². The van der Waals surface area contributed by atoms with E-state index in [-0.39, 0.29) is 10.6 Å². The second kappa shape index (κ2) is 4.67. The number of phenolic OH excluding ortho intramolecular Hbond substituents is 1. The number of halogens is 1. The first-order valence-corrected chi connectivity index (χ1v) is 5.26. The maximum atomic E-state index is 12.7. The van der Waals surface area contributed by atoms with E-state index in [9.17, 15) is 14.3 Å². The van der Waals surface area contributed by atoms with Crippen molar-refractivity contribution >= 4 is 23.1 Å². The number of benzene rings is 1. The monoisotopic (exact) mass is 256 g/mol. The van der Waals surface area contributed by atoms with Gasteiger partial charge in [-0.25, -0.2) is 4.39 Å². The SMILES string of the molecule is CC(C)(NC(=O)c1ccc(F)cc1O)C(N)=S. The van der Waals surface area contributed by atoms with Crippen LogP contribution in [-0.2, 0) is 0 Å². The number of thiocarbonyl (C=S) groups is 1. The van der Waals surface area contributed by atoms with Gasteiger partial charge in [0.15, 0.2) is 0 Å². The second-order valence-electron chi connectivity index (χ2n) is 4.10. The van der Waals surface area contributed by atoms with Crippen molar-refractivity contribution in [3.63, 3.8) is 0 Å². The topological polar surface area (TPSA) is 75.3 Å². The van der Waals surface area contributed by atoms with Gasteiger partial charge in [-0.3, -0.25) is 4.79 Å². The van der Waals surface area contributed by atoms with Crippen LogP contribution in [0, 0.1) is 5.82 Å². The minimum Gasteiger partial charge on any atom is -0.507 e. The van der Waals surface area contributed by atoms with Crippen LogP contribution in [0.3, 0.4) is 0 Å². The van der Waals surface area contributed by atoms with Gasteiger partial charge in [0.05, 0.1) is 16.1 Å². The number of amides is 1. The van der Waals surface area contributed by atoms with Gasteiger partial charge in [0, 0.05) is 6.07 Å². The van der Waals surface area contributed by atoms with Gasteiger partial charge in [-0.2, -0.15) is 0 Å². The molecule has 1 aromatic carbocycles. The number of rotatable bonds is 3. The van der Waals surface area contributed by atoms with Crippen LogP contribution < -0.4 is 11.1 Å². The summed E-state index contributed by atoms with van der Waals surface area (Å²) >= 11 is 4.79. The molecule has 1 aromatic rings. The Balaban J connectivity index is 2.95. The number of phenols is 1. The quantitative estimate of drug-likeness (QED) is 0.713. The third-order valence-electron chi connectivity index (χ3n) is 2.25. The molecule has 4 N–H and O–H groups in total. The van der Waals surface area contributed by atoms with Crippen molar-refractivity contribution in [2.75, 3.05) is 0 Å². The molecule has 0 radical (unpaired) electrons. The molecule has 0 saturated heterocycles. The van der Waals surface area contributed by atoms with E-state index in [4.69, 9.17) is 18.0 Å². The fraction of sp³-hybridized carbons (Fsp3) is 0.273. The normalized spacial score (nSPS) is 11.0. The molecule has 0 fully saturated rings. The van der Waals surface area contributed by atoms with Crippen LogP contribution in [0.4, 0.5) is 4.39 Å². The number of carbonyl (C=O) groups is 1. The van der Waals surface area contributed by atoms with Gasteiger partial charge in [-0.1, -0.05) is 12.2 Å². The van der Waals surface area contributed by atoms with Gasteiger partial charge in [-0.15, -0.1) is 0 Å². The Morgan fingerprint density at radius 1 is 1.53 bits per heavy atom. The first-order chi connectivity index (χ1) is 7.74. The molecule has 92 valence electrons. The van der Waals surface area contributed by atoms with E-state index in [2.05, 4.69) is 5.32 Å². The van der Waals surface area contributed by atoms with Crippen LogP contribution in [0.25, 0.3) is 0 Å². The lowest BCUT2D eigenvalue weighted by atomic mass is 10.0. The first-order valence-electron chi connectivity index (χ1n) is 4.85. The van der Waals surface area contributed by atoms with E-state index in [1.54, 1.807) is 13.8 Å². The molecule has 17 heavy (non-hydrogen) atoms. The molecule has 0 aliphatic heterocycles. The highest BCUT2D eigenvalue weighted by Gasteiger charge is 2.25. The molecule has 0 atom stereocenters. The Kier molecular flexibility index (Phi) is 3.67. The van der Waals surface area contributed by atoms with Gasteiger partial charge in [0.2, 0.25) is 0 Å². The van der Waals surface area contributed by atoms with E-state index in [0.717, 1.165) is 12.1 Å². The molecule has 0 aliphatic carbocycles. The molecule has 1 amide bonds. The lowest BCUT2D eigenvalue weighted by molar-refractivity contribution is 0.0929. The fourth-order valence-electron chi connectivity index (χ4n) is 1.11. The van der Waals surface area contributed by atoms with Crippen LogP contribution >= 0.6 is 12.2 Å². The number of hydrogen-bond donors (Lipinski definition) is 3. The molecule has 0 saturated carbocycles. The Hall–Kier alpha value is -1.69. The minimum absolute atomic E-state index is 0.0317. The smallest absolute Gasteiger partial charge is 0.255 e. The molecule has 4 nitrogen and oxygen atoms in total. The van der Waals surface area contributed by atoms with Crippen molar-refractivity contribution in [1.29, 1.82) is 0 Å². The van der Waals surface area contributed by atoms with Crippen LogP contribution in [0.15, 0.2) is 18.2 Å². The number of hydrogen-bond acceptors (Lipinski definition) is 3. The highest BCUT2D eigenvalue weighted by molar-refractivity contribution is 7.80. The Morgan fingerprint density at radius 3 is 2.59 bits per heavy atom. The predicted molar refractivity (Wildman–Crippen MR) is 66.4 cm³/mol. The van der Waals surface area contributed by atoms with Crippen LogP contribution in [0.5, 0.6) is 5.75 Å². The zero-order valence-corrected chi connectivity index (χ0v) is 10.3. The molecule has 0 spiro atoms. The number of carbonyl (C=O) groups excluding carboxylic acids is 1. The van der Waals surface area contributed by atoms with E-state index in [1.807, 2.05) is 0 Å². The molecule has 0 aliphatic rings. The van der Waals surface area contributed by atoms with Crippen molar-refractivity contribution in [3.8, 4) is 5.75 Å². The third kappa shape index (κ3) is 3.13. The van der Waals surface area contributed by atoms with E-state index in [1.165, 1.54) is 6.07 Å². The maximum absolute atomic E-state index is 12.7. The van der Waals surface area contributed by atoms with Gasteiger partial charge in [0.1, 0.15) is 11.6 Å². The number of nitrogens with two attached hydrogens (primary N) is 1. The summed E-state index contributed by atoms with van der Waals surface area (Å²) in [6, 6.07) is 3.14. The summed E-state index contributed by atoms with van der Waals surface area (Å²) in [7, 11) is 0. The first kappa shape index (κ1) is 13.4. The highest BCUT2D eigenvalue weighted by atomic mass is 32.1. The van der Waals surface area contributed by atoms with Gasteiger partial charge < -0.3 is 16.2 Å². The summed E-state index contributed by atoms with van der Waals surface area (Å²) in [5.41, 5.74) is 4.54. The molecular formula is C11H13FN2O2S. The standard InChI is InChI=1S/C11H13FN2O2S/c1-11(2,10(13)17)14-9(16)7-4-3-6(12)5-8(7)15/h3-5,15H,1-2H3,(H2,13,17)(H,14,16). The van der Waals surface area contributed by atoms with Crippen LogP contribution in [0.1, 0.15) is 24.2 Å². The summed E-state index contributed by atoms with van der Waals surface area (Å²) in [4.78, 5) is 11.9. The minimum atomic E-state index is -0.882. The average Bonchev–Trinajstić information content (AvgIpc) is 2.15. The zero-order chi connectivity index (χ0) is 13.2. The number of nitrogens with one attached hydrogen (secondary N) is 1. The van der Waals surface area contributed by atoms with Crippen LogP contribution in [0.2, 0.25) is 0 Å². The molecule has 0 bridgehead atoms. The van der Waals surface area contributed by atoms with Gasteiger partial charge in [-0.05, 0) is 26.0 Å². The zero-order valence-electron chi connectivity index (χ0n) is 9.45. The van der Waals surface area contributed by atoms with Crippen LogP contribution in [-0.4, -0.2) is 21.5 Å². The lowest BCUT2D eigenvalue weighted by Gasteiger charge is -2.24. The summed E-state index contributed by atoms with van der Waals surface area (Å²) < 4.78 is 12.7. The largest absolute Gasteiger partial charge is 0.507 e. The average molecular weight is 256 g/mol. The molecule has 0 unspecified atom stereocenters. The summed E-state index contributed by atoms with van der Waals surface area (Å²) in [6.07, 6.45) is 0. The Bertz CT molecular complexity index is 475. The molecule has 6 heteroatoms. The van der Waals surface area contributed by atoms with Gasteiger partial charge in [0.25, 0.3) is 5.91 Å². The van der Waals surface area contributed by atoms with Crippen molar-refractivity contribution in [2.24, 2.45) is 5.73 Å². The van der Waals surface area contributed by atoms with Crippen molar-refractivity contribution in [3.05, 3.63) is 29.6 Å². The second-order valence-corrected chi connectivity index (χ2v) is 4.54. The summed E-state index contributed by atoms with van der Waals surface area (Å²) in [6.45, 7) is 3.27. The molecule has 1 rings (SSSR count). The van der Waals surface area contributed by atoms with Crippen molar-refractivity contribution < 1.29 is 14.3 Å². The third-order valence-corrected chi connectivity index (χ3v) is 2.76. The number of aromatic hydroxyl groups is 1. The molecule has 0 aromatic heterocycles.